The van der Waals surface area contributed by atoms with E-state index in [1.165, 1.54) is 12.0 Å². The van der Waals surface area contributed by atoms with E-state index < -0.39 is 17.7 Å². The lowest BCUT2D eigenvalue weighted by molar-refractivity contribution is -0.136. The zero-order chi connectivity index (χ0) is 27.6. The number of hydrogen-bond acceptors (Lipinski definition) is 7. The van der Waals surface area contributed by atoms with E-state index in [-0.39, 0.29) is 12.6 Å². The van der Waals surface area contributed by atoms with Crippen molar-refractivity contribution < 1.29 is 23.8 Å². The van der Waals surface area contributed by atoms with Crippen molar-refractivity contribution >= 4 is 46.7 Å². The van der Waals surface area contributed by atoms with Gasteiger partial charge in [0, 0.05) is 25.7 Å². The molecule has 1 aromatic carbocycles. The average molecular weight is 562 g/mol. The molecule has 0 N–H and O–H groups in total. The smallest absolute Gasteiger partial charge is 0.410 e. The Bertz CT molecular complexity index is 1220. The average Bonchev–Trinajstić information content (AvgIpc) is 3.33. The SMILES string of the molecule is COC(=O)C1=C(c2ccc(N3CC[C@H](Oc4c(Cl)cc(C)cc4Cl)C3)nc2)CCN(C(=O)OC(C)(C)C)C1. The lowest BCUT2D eigenvalue weighted by Gasteiger charge is -2.32. The Kier molecular flexibility index (Phi) is 8.43. The molecule has 0 unspecified atom stereocenters. The molecule has 2 aromatic rings. The van der Waals surface area contributed by atoms with E-state index in [0.29, 0.717) is 40.9 Å². The first-order chi connectivity index (χ1) is 17.9. The van der Waals surface area contributed by atoms with Gasteiger partial charge in [-0.15, -0.1) is 0 Å². The number of anilines is 1. The third-order valence-corrected chi connectivity index (χ3v) is 6.98. The quantitative estimate of drug-likeness (QED) is 0.419. The van der Waals surface area contributed by atoms with E-state index in [9.17, 15) is 9.59 Å². The number of rotatable bonds is 5. The fourth-order valence-corrected chi connectivity index (χ4v) is 5.31. The Morgan fingerprint density at radius 2 is 1.82 bits per heavy atom. The number of amides is 1. The minimum absolute atomic E-state index is 0.0694. The Hall–Kier alpha value is -2.97. The van der Waals surface area contributed by atoms with E-state index in [1.807, 2.05) is 52.0 Å². The number of ether oxygens (including phenoxy) is 3. The number of benzene rings is 1. The first kappa shape index (κ1) is 28.0. The second-order valence-corrected chi connectivity index (χ2v) is 11.4. The number of aryl methyl sites for hydroxylation is 1. The lowest BCUT2D eigenvalue weighted by atomic mass is 9.94. The zero-order valence-electron chi connectivity index (χ0n) is 22.3. The van der Waals surface area contributed by atoms with Crippen molar-refractivity contribution in [3.05, 3.63) is 57.2 Å². The van der Waals surface area contributed by atoms with Gasteiger partial charge in [-0.2, -0.15) is 0 Å². The van der Waals surface area contributed by atoms with E-state index in [2.05, 4.69) is 9.88 Å². The van der Waals surface area contributed by atoms with Gasteiger partial charge in [-0.3, -0.25) is 0 Å². The lowest BCUT2D eigenvalue weighted by Crippen LogP contribution is -2.41. The molecule has 204 valence electrons. The van der Waals surface area contributed by atoms with Crippen LogP contribution < -0.4 is 9.64 Å². The molecule has 4 rings (SSSR count). The molecule has 0 saturated carbocycles. The predicted octanol–water partition coefficient (Wildman–Crippen LogP) is 5.92. The molecule has 3 heterocycles. The van der Waals surface area contributed by atoms with Gasteiger partial charge < -0.3 is 24.0 Å². The predicted molar refractivity (Wildman–Crippen MR) is 148 cm³/mol. The fourth-order valence-electron chi connectivity index (χ4n) is 4.62. The number of hydrogen-bond donors (Lipinski definition) is 0. The number of carbonyl (C=O) groups excluding carboxylic acids is 2. The number of methoxy groups -OCH3 is 1. The van der Waals surface area contributed by atoms with Gasteiger partial charge in [0.05, 0.1) is 35.8 Å². The first-order valence-corrected chi connectivity index (χ1v) is 13.3. The first-order valence-electron chi connectivity index (χ1n) is 12.6. The molecule has 38 heavy (non-hydrogen) atoms. The summed E-state index contributed by atoms with van der Waals surface area (Å²) in [4.78, 5) is 33.5. The van der Waals surface area contributed by atoms with Gasteiger partial charge in [0.25, 0.3) is 0 Å². The van der Waals surface area contributed by atoms with Crippen LogP contribution >= 0.6 is 23.2 Å². The van der Waals surface area contributed by atoms with E-state index in [0.717, 1.165) is 35.5 Å². The van der Waals surface area contributed by atoms with Crippen molar-refractivity contribution in [1.29, 1.82) is 0 Å². The van der Waals surface area contributed by atoms with Crippen LogP contribution in [0, 0.1) is 6.92 Å². The van der Waals surface area contributed by atoms with Crippen LogP contribution in [0.3, 0.4) is 0 Å². The maximum absolute atomic E-state index is 12.6. The minimum Gasteiger partial charge on any atom is -0.485 e. The van der Waals surface area contributed by atoms with Gasteiger partial charge in [0.2, 0.25) is 0 Å². The van der Waals surface area contributed by atoms with E-state index in [1.54, 1.807) is 6.20 Å². The maximum atomic E-state index is 12.6. The Morgan fingerprint density at radius 1 is 1.11 bits per heavy atom. The van der Waals surface area contributed by atoms with Crippen LogP contribution in [-0.2, 0) is 14.3 Å². The summed E-state index contributed by atoms with van der Waals surface area (Å²) >= 11 is 12.7. The summed E-state index contributed by atoms with van der Waals surface area (Å²) in [6.07, 6.45) is 2.54. The Morgan fingerprint density at radius 3 is 2.42 bits per heavy atom. The summed E-state index contributed by atoms with van der Waals surface area (Å²) in [7, 11) is 1.34. The molecule has 2 aliphatic heterocycles. The van der Waals surface area contributed by atoms with Crippen LogP contribution in [0.1, 0.15) is 44.7 Å². The highest BCUT2D eigenvalue weighted by molar-refractivity contribution is 6.37. The van der Waals surface area contributed by atoms with Crippen LogP contribution in [0.15, 0.2) is 36.0 Å². The van der Waals surface area contributed by atoms with Crippen molar-refractivity contribution in [2.75, 3.05) is 38.2 Å². The summed E-state index contributed by atoms with van der Waals surface area (Å²) in [6, 6.07) is 7.56. The topological polar surface area (TPSA) is 81.2 Å². The summed E-state index contributed by atoms with van der Waals surface area (Å²) in [5.41, 5.74) is 2.43. The van der Waals surface area contributed by atoms with Crippen molar-refractivity contribution in [2.45, 2.75) is 52.2 Å². The van der Waals surface area contributed by atoms with E-state index in [4.69, 9.17) is 37.4 Å². The zero-order valence-corrected chi connectivity index (χ0v) is 23.9. The number of halogens is 2. The Labute approximate surface area is 233 Å². The molecule has 0 radical (unpaired) electrons. The number of aromatic nitrogens is 1. The van der Waals surface area contributed by atoms with Gasteiger partial charge in [-0.25, -0.2) is 14.6 Å². The normalized spacial score (nSPS) is 18.0. The van der Waals surface area contributed by atoms with Gasteiger partial charge in [0.15, 0.2) is 5.75 Å². The van der Waals surface area contributed by atoms with Gasteiger partial charge in [-0.1, -0.05) is 23.2 Å². The molecule has 1 aromatic heterocycles. The standard InChI is InChI=1S/C28H33Cl2N3O5/c1-17-12-22(29)25(23(30)13-17)37-19-8-10-32(15-19)24-7-6-18(14-31-24)20-9-11-33(16-21(20)26(34)36-5)27(35)38-28(2,3)4/h6-7,12-14,19H,8-11,15-16H2,1-5H3/t19-/m0/s1. The molecule has 1 saturated heterocycles. The molecule has 8 nitrogen and oxygen atoms in total. The minimum atomic E-state index is -0.621. The molecule has 0 aliphatic carbocycles. The molecular weight excluding hydrogens is 529 g/mol. The molecule has 1 fully saturated rings. The number of esters is 1. The summed E-state index contributed by atoms with van der Waals surface area (Å²) < 4.78 is 16.6. The molecule has 10 heteroatoms. The van der Waals surface area contributed by atoms with Crippen LogP contribution in [0.4, 0.5) is 10.6 Å². The van der Waals surface area contributed by atoms with Crippen molar-refractivity contribution in [3.8, 4) is 5.75 Å². The highest BCUT2D eigenvalue weighted by atomic mass is 35.5. The van der Waals surface area contributed by atoms with Gasteiger partial charge in [-0.05, 0) is 75.1 Å². The molecule has 1 atom stereocenters. The van der Waals surface area contributed by atoms with Crippen molar-refractivity contribution in [3.63, 3.8) is 0 Å². The van der Waals surface area contributed by atoms with E-state index >= 15 is 0 Å². The number of pyridine rings is 1. The number of nitrogens with zero attached hydrogens (tertiary/aromatic N) is 3. The second kappa shape index (κ2) is 11.4. The fraction of sp³-hybridized carbons (Fsp3) is 0.464. The van der Waals surface area contributed by atoms with Crippen LogP contribution in [-0.4, -0.2) is 66.9 Å². The molecule has 2 aliphatic rings. The summed E-state index contributed by atoms with van der Waals surface area (Å²) in [5, 5.41) is 1.01. The third kappa shape index (κ3) is 6.53. The maximum Gasteiger partial charge on any atom is 0.410 e. The Balaban J connectivity index is 1.46. The molecule has 1 amide bonds. The molecular formula is C28H33Cl2N3O5. The van der Waals surface area contributed by atoms with Crippen molar-refractivity contribution in [1.82, 2.24) is 9.88 Å². The van der Waals surface area contributed by atoms with Crippen molar-refractivity contribution in [2.24, 2.45) is 0 Å². The van der Waals surface area contributed by atoms with Crippen LogP contribution in [0.25, 0.3) is 5.57 Å². The molecule has 0 spiro atoms. The number of carbonyl (C=O) groups is 2. The highest BCUT2D eigenvalue weighted by Crippen LogP contribution is 2.36. The second-order valence-electron chi connectivity index (χ2n) is 10.5. The van der Waals surface area contributed by atoms with Crippen LogP contribution in [0.5, 0.6) is 5.75 Å². The van der Waals surface area contributed by atoms with Crippen LogP contribution in [0.2, 0.25) is 10.0 Å². The van der Waals surface area contributed by atoms with Gasteiger partial charge in [0.1, 0.15) is 17.5 Å². The summed E-state index contributed by atoms with van der Waals surface area (Å²) in [5.74, 6) is 0.853. The molecule has 0 bridgehead atoms. The van der Waals surface area contributed by atoms with Gasteiger partial charge >= 0.3 is 12.1 Å². The highest BCUT2D eigenvalue weighted by Gasteiger charge is 2.31. The monoisotopic (exact) mass is 561 g/mol. The summed E-state index contributed by atoms with van der Waals surface area (Å²) in [6.45, 7) is 9.34. The third-order valence-electron chi connectivity index (χ3n) is 6.42. The largest absolute Gasteiger partial charge is 0.485 e.